The summed E-state index contributed by atoms with van der Waals surface area (Å²) >= 11 is 1.87. The molecule has 0 spiro atoms. The van der Waals surface area contributed by atoms with Gasteiger partial charge in [-0.3, -0.25) is 0 Å². The van der Waals surface area contributed by atoms with Gasteiger partial charge in [0.15, 0.2) is 0 Å². The molecule has 0 bridgehead atoms. The summed E-state index contributed by atoms with van der Waals surface area (Å²) in [6, 6.07) is 79.4. The van der Waals surface area contributed by atoms with Crippen LogP contribution in [0.15, 0.2) is 218 Å². The third kappa shape index (κ3) is 5.80. The Hall–Kier alpha value is -7.20. The Labute approximate surface area is 335 Å². The van der Waals surface area contributed by atoms with Gasteiger partial charge in [-0.2, -0.15) is 0 Å². The van der Waals surface area contributed by atoms with Crippen molar-refractivity contribution in [2.75, 3.05) is 4.90 Å². The van der Waals surface area contributed by atoms with Gasteiger partial charge in [0, 0.05) is 43.3 Å². The van der Waals surface area contributed by atoms with Gasteiger partial charge in [-0.15, -0.1) is 11.3 Å². The molecule has 2 nitrogen and oxygen atoms in total. The van der Waals surface area contributed by atoms with Crippen LogP contribution in [0.25, 0.3) is 81.0 Å². The number of nitrogens with zero attached hydrogens (tertiary/aromatic N) is 2. The van der Waals surface area contributed by atoms with Gasteiger partial charge >= 0.3 is 0 Å². The molecule has 0 unspecified atom stereocenters. The molecule has 2 heterocycles. The summed E-state index contributed by atoms with van der Waals surface area (Å²) in [5.74, 6) is 0. The fraction of sp³-hybridized carbons (Fsp3) is 0. The van der Waals surface area contributed by atoms with Crippen LogP contribution in [-0.4, -0.2) is 4.57 Å². The molecule has 57 heavy (non-hydrogen) atoms. The summed E-state index contributed by atoms with van der Waals surface area (Å²) in [5.41, 5.74) is 14.1. The van der Waals surface area contributed by atoms with Crippen LogP contribution in [0.1, 0.15) is 0 Å². The minimum Gasteiger partial charge on any atom is -0.309 e. The molecule has 3 heteroatoms. The largest absolute Gasteiger partial charge is 0.309 e. The van der Waals surface area contributed by atoms with Gasteiger partial charge in [-0.05, 0) is 100 Å². The zero-order chi connectivity index (χ0) is 37.7. The van der Waals surface area contributed by atoms with E-state index in [4.69, 9.17) is 0 Å². The lowest BCUT2D eigenvalue weighted by Gasteiger charge is -2.27. The highest BCUT2D eigenvalue weighted by atomic mass is 32.1. The first-order chi connectivity index (χ1) is 28.3. The lowest BCUT2D eigenvalue weighted by molar-refractivity contribution is 1.18. The van der Waals surface area contributed by atoms with Crippen molar-refractivity contribution in [3.8, 4) is 39.1 Å². The summed E-state index contributed by atoms with van der Waals surface area (Å²) in [4.78, 5) is 2.45. The number of para-hydroxylation sites is 2. The van der Waals surface area contributed by atoms with Crippen molar-refractivity contribution in [3.63, 3.8) is 0 Å². The van der Waals surface area contributed by atoms with E-state index in [0.717, 1.165) is 22.7 Å². The van der Waals surface area contributed by atoms with Gasteiger partial charge in [0.2, 0.25) is 0 Å². The SMILES string of the molecule is c1ccc(-c2ccc(N(c3ccc(-c4ccccc4)cc3)c3cc(-c4ccc5c6ccccc6n(-c6ccccc6)c5c4)cc4c3sc3ccccc34)cc2)cc1. The molecule has 0 saturated carbocycles. The summed E-state index contributed by atoms with van der Waals surface area (Å²) in [6.45, 7) is 0. The lowest BCUT2D eigenvalue weighted by Crippen LogP contribution is -2.10. The number of benzene rings is 9. The molecule has 0 radical (unpaired) electrons. The predicted molar refractivity (Wildman–Crippen MR) is 245 cm³/mol. The Bertz CT molecular complexity index is 3120. The summed E-state index contributed by atoms with van der Waals surface area (Å²) in [7, 11) is 0. The quantitative estimate of drug-likeness (QED) is 0.158. The third-order valence-electron chi connectivity index (χ3n) is 11.2. The summed E-state index contributed by atoms with van der Waals surface area (Å²) < 4.78 is 4.95. The maximum absolute atomic E-state index is 2.45. The molecule has 11 rings (SSSR count). The standard InChI is InChI=1S/C54H36N2S/c1-4-14-37(15-5-1)39-24-29-44(30-25-39)55(45-31-26-40(27-32-45)38-16-6-2-7-17-38)52-36-42(34-49-48-21-11-13-23-53(48)57-54(49)52)41-28-33-47-46-20-10-12-22-50(46)56(51(47)35-41)43-18-8-3-9-19-43/h1-36H. The fourth-order valence-corrected chi connectivity index (χ4v) is 9.63. The van der Waals surface area contributed by atoms with E-state index in [2.05, 4.69) is 228 Å². The second-order valence-corrected chi connectivity index (χ2v) is 15.6. The molecule has 9 aromatic carbocycles. The highest BCUT2D eigenvalue weighted by molar-refractivity contribution is 7.26. The van der Waals surface area contributed by atoms with E-state index in [1.165, 1.54) is 75.4 Å². The Morgan fingerprint density at radius 2 is 0.842 bits per heavy atom. The number of hydrogen-bond acceptors (Lipinski definition) is 2. The molecule has 2 aromatic heterocycles. The molecule has 0 atom stereocenters. The van der Waals surface area contributed by atoms with Crippen LogP contribution in [0.3, 0.4) is 0 Å². The van der Waals surface area contributed by atoms with Crippen molar-refractivity contribution >= 4 is 70.4 Å². The maximum Gasteiger partial charge on any atom is 0.0646 e. The van der Waals surface area contributed by atoms with Crippen LogP contribution in [0.2, 0.25) is 0 Å². The number of hydrogen-bond donors (Lipinski definition) is 0. The zero-order valence-corrected chi connectivity index (χ0v) is 31.9. The van der Waals surface area contributed by atoms with Crippen LogP contribution >= 0.6 is 11.3 Å². The number of thiophene rings is 1. The van der Waals surface area contributed by atoms with E-state index in [1.54, 1.807) is 0 Å². The molecule has 0 aliphatic heterocycles. The zero-order valence-electron chi connectivity index (χ0n) is 31.1. The topological polar surface area (TPSA) is 8.17 Å². The van der Waals surface area contributed by atoms with Gasteiger partial charge in [0.05, 0.1) is 21.4 Å². The van der Waals surface area contributed by atoms with E-state index >= 15 is 0 Å². The highest BCUT2D eigenvalue weighted by Gasteiger charge is 2.21. The minimum absolute atomic E-state index is 1.11. The Morgan fingerprint density at radius 3 is 1.49 bits per heavy atom. The minimum atomic E-state index is 1.11. The average Bonchev–Trinajstić information content (AvgIpc) is 3.83. The lowest BCUT2D eigenvalue weighted by atomic mass is 9.99. The number of fused-ring (bicyclic) bond motifs is 6. The Morgan fingerprint density at radius 1 is 0.333 bits per heavy atom. The van der Waals surface area contributed by atoms with Crippen molar-refractivity contribution < 1.29 is 0 Å². The van der Waals surface area contributed by atoms with Crippen LogP contribution in [-0.2, 0) is 0 Å². The average molecular weight is 745 g/mol. The highest BCUT2D eigenvalue weighted by Crippen LogP contribution is 2.48. The monoisotopic (exact) mass is 744 g/mol. The number of rotatable bonds is 7. The molecule has 0 aliphatic carbocycles. The first kappa shape index (κ1) is 33.2. The van der Waals surface area contributed by atoms with E-state index < -0.39 is 0 Å². The van der Waals surface area contributed by atoms with E-state index in [1.807, 2.05) is 11.3 Å². The van der Waals surface area contributed by atoms with Crippen LogP contribution in [0.5, 0.6) is 0 Å². The van der Waals surface area contributed by atoms with Gasteiger partial charge in [-0.25, -0.2) is 0 Å². The van der Waals surface area contributed by atoms with Gasteiger partial charge in [0.25, 0.3) is 0 Å². The van der Waals surface area contributed by atoms with Gasteiger partial charge in [0.1, 0.15) is 0 Å². The molecule has 0 N–H and O–H groups in total. The molecular formula is C54H36N2S. The van der Waals surface area contributed by atoms with Gasteiger partial charge < -0.3 is 9.47 Å². The van der Waals surface area contributed by atoms with Crippen molar-refractivity contribution in [1.82, 2.24) is 4.57 Å². The molecule has 0 fully saturated rings. The molecule has 268 valence electrons. The maximum atomic E-state index is 2.45. The number of aromatic nitrogens is 1. The fourth-order valence-electron chi connectivity index (χ4n) is 8.44. The molecule has 0 saturated heterocycles. The first-order valence-corrected chi connectivity index (χ1v) is 20.2. The van der Waals surface area contributed by atoms with Crippen LogP contribution in [0.4, 0.5) is 17.1 Å². The van der Waals surface area contributed by atoms with Crippen LogP contribution < -0.4 is 4.90 Å². The summed E-state index contributed by atoms with van der Waals surface area (Å²) in [5, 5.41) is 5.04. The van der Waals surface area contributed by atoms with Crippen molar-refractivity contribution in [2.45, 2.75) is 0 Å². The van der Waals surface area contributed by atoms with E-state index in [9.17, 15) is 0 Å². The normalized spacial score (nSPS) is 11.5. The first-order valence-electron chi connectivity index (χ1n) is 19.4. The smallest absolute Gasteiger partial charge is 0.0646 e. The van der Waals surface area contributed by atoms with Crippen LogP contribution in [0, 0.1) is 0 Å². The molecular weight excluding hydrogens is 709 g/mol. The number of anilines is 3. The van der Waals surface area contributed by atoms with Crippen molar-refractivity contribution in [1.29, 1.82) is 0 Å². The van der Waals surface area contributed by atoms with Crippen molar-refractivity contribution in [3.05, 3.63) is 218 Å². The Kier molecular flexibility index (Phi) is 8.04. The predicted octanol–water partition coefficient (Wildman–Crippen LogP) is 15.6. The second kappa shape index (κ2) is 13.8. The van der Waals surface area contributed by atoms with E-state index in [0.29, 0.717) is 0 Å². The molecule has 11 aromatic rings. The Balaban J connectivity index is 1.15. The van der Waals surface area contributed by atoms with E-state index in [-0.39, 0.29) is 0 Å². The third-order valence-corrected chi connectivity index (χ3v) is 12.4. The molecule has 0 amide bonds. The van der Waals surface area contributed by atoms with Crippen molar-refractivity contribution in [2.24, 2.45) is 0 Å². The summed E-state index contributed by atoms with van der Waals surface area (Å²) in [6.07, 6.45) is 0. The second-order valence-electron chi connectivity index (χ2n) is 14.6. The van der Waals surface area contributed by atoms with Gasteiger partial charge in [-0.1, -0.05) is 152 Å². The molecule has 0 aliphatic rings.